The standard InChI is InChI=1S/C7H7N3O2/c8-4-5(7(11)12)6-2-1-3-9-10-6/h1-4H,8H2,(H,11,12). The van der Waals surface area contributed by atoms with Gasteiger partial charge in [0.2, 0.25) is 0 Å². The minimum absolute atomic E-state index is 0.0527. The molecule has 0 saturated heterocycles. The predicted molar refractivity (Wildman–Crippen MR) is 41.8 cm³/mol. The number of carbonyl (C=O) groups is 1. The highest BCUT2D eigenvalue weighted by molar-refractivity contribution is 6.14. The van der Waals surface area contributed by atoms with Gasteiger partial charge in [-0.15, -0.1) is 0 Å². The Morgan fingerprint density at radius 3 is 2.83 bits per heavy atom. The van der Waals surface area contributed by atoms with Crippen molar-refractivity contribution in [1.29, 1.82) is 0 Å². The number of nitrogens with two attached hydrogens (primary N) is 1. The SMILES string of the molecule is NC=C(C(=O)O)c1cccnn1. The first-order valence-corrected chi connectivity index (χ1v) is 3.19. The van der Waals surface area contributed by atoms with Crippen LogP contribution in [0.25, 0.3) is 5.57 Å². The lowest BCUT2D eigenvalue weighted by Crippen LogP contribution is -2.04. The molecule has 62 valence electrons. The summed E-state index contributed by atoms with van der Waals surface area (Å²) in [7, 11) is 0. The van der Waals surface area contributed by atoms with Crippen LogP contribution in [-0.2, 0) is 4.79 Å². The first kappa shape index (κ1) is 8.19. The summed E-state index contributed by atoms with van der Waals surface area (Å²) < 4.78 is 0. The fourth-order valence-electron chi connectivity index (χ4n) is 0.711. The summed E-state index contributed by atoms with van der Waals surface area (Å²) in [6, 6.07) is 3.12. The summed E-state index contributed by atoms with van der Waals surface area (Å²) in [5, 5.41) is 15.7. The van der Waals surface area contributed by atoms with E-state index < -0.39 is 5.97 Å². The normalized spacial score (nSPS) is 11.2. The van der Waals surface area contributed by atoms with Gasteiger partial charge in [-0.1, -0.05) is 0 Å². The number of hydrogen-bond donors (Lipinski definition) is 2. The van der Waals surface area contributed by atoms with E-state index in [1.807, 2.05) is 0 Å². The largest absolute Gasteiger partial charge is 0.478 e. The molecule has 0 unspecified atom stereocenters. The number of hydrogen-bond acceptors (Lipinski definition) is 4. The Bertz CT molecular complexity index is 308. The Morgan fingerprint density at radius 1 is 1.67 bits per heavy atom. The number of aromatic nitrogens is 2. The third-order valence-corrected chi connectivity index (χ3v) is 1.25. The highest BCUT2D eigenvalue weighted by atomic mass is 16.4. The molecule has 0 aromatic carbocycles. The van der Waals surface area contributed by atoms with Crippen LogP contribution in [0.2, 0.25) is 0 Å². The van der Waals surface area contributed by atoms with E-state index in [1.54, 1.807) is 6.07 Å². The summed E-state index contributed by atoms with van der Waals surface area (Å²) in [5.74, 6) is -1.11. The van der Waals surface area contributed by atoms with Crippen LogP contribution in [0.1, 0.15) is 5.69 Å². The van der Waals surface area contributed by atoms with E-state index in [-0.39, 0.29) is 11.3 Å². The maximum absolute atomic E-state index is 10.5. The van der Waals surface area contributed by atoms with Crippen molar-refractivity contribution in [3.8, 4) is 0 Å². The monoisotopic (exact) mass is 165 g/mol. The molecule has 0 fully saturated rings. The quantitative estimate of drug-likeness (QED) is 0.595. The first-order valence-electron chi connectivity index (χ1n) is 3.19. The number of carboxylic acid groups (broad SMARTS) is 1. The Labute approximate surface area is 68.5 Å². The lowest BCUT2D eigenvalue weighted by atomic mass is 10.2. The molecule has 1 heterocycles. The van der Waals surface area contributed by atoms with Crippen LogP contribution in [0.4, 0.5) is 0 Å². The Hall–Kier alpha value is -1.91. The molecule has 0 aliphatic heterocycles. The molecular weight excluding hydrogens is 158 g/mol. The van der Waals surface area contributed by atoms with E-state index in [9.17, 15) is 4.79 Å². The molecule has 0 saturated carbocycles. The van der Waals surface area contributed by atoms with Crippen LogP contribution in [-0.4, -0.2) is 21.3 Å². The number of rotatable bonds is 2. The average Bonchev–Trinajstić information content (AvgIpc) is 2.07. The van der Waals surface area contributed by atoms with E-state index in [2.05, 4.69) is 10.2 Å². The lowest BCUT2D eigenvalue weighted by Gasteiger charge is -1.96. The van der Waals surface area contributed by atoms with Gasteiger partial charge >= 0.3 is 5.97 Å². The molecule has 1 aromatic heterocycles. The molecular formula is C7H7N3O2. The average molecular weight is 165 g/mol. The molecule has 5 heteroatoms. The zero-order valence-corrected chi connectivity index (χ0v) is 6.14. The number of aliphatic carboxylic acids is 1. The van der Waals surface area contributed by atoms with E-state index in [0.717, 1.165) is 6.20 Å². The van der Waals surface area contributed by atoms with Crippen molar-refractivity contribution in [2.75, 3.05) is 0 Å². The van der Waals surface area contributed by atoms with Crippen LogP contribution in [0.5, 0.6) is 0 Å². The van der Waals surface area contributed by atoms with Crippen molar-refractivity contribution in [3.05, 3.63) is 30.2 Å². The van der Waals surface area contributed by atoms with Crippen molar-refractivity contribution in [2.45, 2.75) is 0 Å². The Morgan fingerprint density at radius 2 is 2.42 bits per heavy atom. The third kappa shape index (κ3) is 1.57. The molecule has 1 aromatic rings. The fourth-order valence-corrected chi connectivity index (χ4v) is 0.711. The molecule has 0 spiro atoms. The maximum Gasteiger partial charge on any atom is 0.339 e. The molecule has 0 bridgehead atoms. The smallest absolute Gasteiger partial charge is 0.339 e. The highest BCUT2D eigenvalue weighted by Crippen LogP contribution is 2.07. The van der Waals surface area contributed by atoms with Gasteiger partial charge in [-0.3, -0.25) is 0 Å². The topological polar surface area (TPSA) is 89.1 Å². The van der Waals surface area contributed by atoms with Gasteiger partial charge in [0, 0.05) is 12.4 Å². The van der Waals surface area contributed by atoms with Crippen LogP contribution in [0.15, 0.2) is 24.5 Å². The molecule has 5 nitrogen and oxygen atoms in total. The molecule has 0 atom stereocenters. The van der Waals surface area contributed by atoms with Crippen molar-refractivity contribution in [3.63, 3.8) is 0 Å². The fraction of sp³-hybridized carbons (Fsp3) is 0. The molecule has 0 aliphatic carbocycles. The van der Waals surface area contributed by atoms with Crippen molar-refractivity contribution in [1.82, 2.24) is 10.2 Å². The van der Waals surface area contributed by atoms with Crippen LogP contribution >= 0.6 is 0 Å². The zero-order chi connectivity index (χ0) is 8.97. The summed E-state index contributed by atoms with van der Waals surface area (Å²) in [6.45, 7) is 0. The van der Waals surface area contributed by atoms with Crippen molar-refractivity contribution >= 4 is 11.5 Å². The Kier molecular flexibility index (Phi) is 2.37. The van der Waals surface area contributed by atoms with E-state index in [4.69, 9.17) is 10.8 Å². The second kappa shape index (κ2) is 3.47. The summed E-state index contributed by atoms with van der Waals surface area (Å²) in [4.78, 5) is 10.5. The van der Waals surface area contributed by atoms with Gasteiger partial charge in [-0.05, 0) is 12.1 Å². The molecule has 0 aliphatic rings. The minimum atomic E-state index is -1.11. The Balaban J connectivity index is 3.05. The van der Waals surface area contributed by atoms with Gasteiger partial charge in [0.1, 0.15) is 11.3 Å². The summed E-state index contributed by atoms with van der Waals surface area (Å²) >= 11 is 0. The predicted octanol–water partition coefficient (Wildman–Crippen LogP) is -0.139. The second-order valence-corrected chi connectivity index (χ2v) is 1.99. The van der Waals surface area contributed by atoms with E-state index in [1.165, 1.54) is 12.3 Å². The van der Waals surface area contributed by atoms with Gasteiger partial charge in [0.15, 0.2) is 0 Å². The van der Waals surface area contributed by atoms with Crippen LogP contribution in [0.3, 0.4) is 0 Å². The molecule has 12 heavy (non-hydrogen) atoms. The third-order valence-electron chi connectivity index (χ3n) is 1.25. The summed E-state index contributed by atoms with van der Waals surface area (Å²) in [6.07, 6.45) is 2.45. The molecule has 3 N–H and O–H groups in total. The van der Waals surface area contributed by atoms with Gasteiger partial charge < -0.3 is 10.8 Å². The second-order valence-electron chi connectivity index (χ2n) is 1.99. The van der Waals surface area contributed by atoms with Crippen LogP contribution < -0.4 is 5.73 Å². The molecule has 0 radical (unpaired) electrons. The number of nitrogens with zero attached hydrogens (tertiary/aromatic N) is 2. The maximum atomic E-state index is 10.5. The van der Waals surface area contributed by atoms with Gasteiger partial charge in [-0.25, -0.2) is 4.79 Å². The molecule has 1 rings (SSSR count). The first-order chi connectivity index (χ1) is 5.75. The lowest BCUT2D eigenvalue weighted by molar-refractivity contribution is -0.130. The zero-order valence-electron chi connectivity index (χ0n) is 6.14. The minimum Gasteiger partial charge on any atom is -0.478 e. The van der Waals surface area contributed by atoms with Gasteiger partial charge in [0.25, 0.3) is 0 Å². The van der Waals surface area contributed by atoms with Gasteiger partial charge in [-0.2, -0.15) is 10.2 Å². The highest BCUT2D eigenvalue weighted by Gasteiger charge is 2.09. The van der Waals surface area contributed by atoms with Crippen molar-refractivity contribution < 1.29 is 9.90 Å². The molecule has 0 amide bonds. The van der Waals surface area contributed by atoms with Gasteiger partial charge in [0.05, 0.1) is 0 Å². The van der Waals surface area contributed by atoms with Crippen molar-refractivity contribution in [2.24, 2.45) is 5.73 Å². The van der Waals surface area contributed by atoms with Crippen LogP contribution in [0, 0.1) is 0 Å². The number of carboxylic acids is 1. The van der Waals surface area contributed by atoms with E-state index in [0.29, 0.717) is 0 Å². The van der Waals surface area contributed by atoms with E-state index >= 15 is 0 Å². The summed E-state index contributed by atoms with van der Waals surface area (Å²) in [5.41, 5.74) is 5.30.